The van der Waals surface area contributed by atoms with Crippen molar-refractivity contribution in [3.05, 3.63) is 47.2 Å². The van der Waals surface area contributed by atoms with Crippen LogP contribution in [0.5, 0.6) is 0 Å². The van der Waals surface area contributed by atoms with Crippen LogP contribution in [-0.2, 0) is 13.1 Å². The number of amides is 1. The molecule has 0 atom stereocenters. The van der Waals surface area contributed by atoms with Crippen molar-refractivity contribution in [2.45, 2.75) is 33.9 Å². The number of hydrogen-bond donors (Lipinski definition) is 1. The zero-order chi connectivity index (χ0) is 15.7. The van der Waals surface area contributed by atoms with Gasteiger partial charge in [0.1, 0.15) is 5.56 Å². The summed E-state index contributed by atoms with van der Waals surface area (Å²) in [6.45, 7) is 7.05. The highest BCUT2D eigenvalue weighted by Crippen LogP contribution is 2.12. The van der Waals surface area contributed by atoms with E-state index in [0.29, 0.717) is 17.8 Å². The van der Waals surface area contributed by atoms with Crippen LogP contribution in [0.3, 0.4) is 0 Å². The molecule has 0 spiro atoms. The smallest absolute Gasteiger partial charge is 0.257 e. The van der Waals surface area contributed by atoms with Gasteiger partial charge < -0.3 is 5.32 Å². The lowest BCUT2D eigenvalue weighted by molar-refractivity contribution is 0.0952. The minimum absolute atomic E-state index is 0.196. The Balaban J connectivity index is 1.80. The lowest BCUT2D eigenvalue weighted by atomic mass is 10.3. The molecule has 0 aliphatic rings. The summed E-state index contributed by atoms with van der Waals surface area (Å²) >= 11 is 0. The van der Waals surface area contributed by atoms with E-state index >= 15 is 0 Å². The van der Waals surface area contributed by atoms with E-state index in [1.54, 1.807) is 10.7 Å². The molecule has 3 heterocycles. The summed E-state index contributed by atoms with van der Waals surface area (Å²) in [5.41, 5.74) is 3.69. The average molecular weight is 298 g/mol. The van der Waals surface area contributed by atoms with Crippen LogP contribution in [-0.4, -0.2) is 30.3 Å². The third kappa shape index (κ3) is 2.57. The molecule has 114 valence electrons. The molecule has 1 N–H and O–H groups in total. The molecule has 0 bridgehead atoms. The first kappa shape index (κ1) is 14.2. The van der Waals surface area contributed by atoms with Crippen LogP contribution in [0.1, 0.15) is 34.4 Å². The Morgan fingerprint density at radius 3 is 2.91 bits per heavy atom. The van der Waals surface area contributed by atoms with Gasteiger partial charge in [-0.25, -0.2) is 9.50 Å². The van der Waals surface area contributed by atoms with Gasteiger partial charge in [0.15, 0.2) is 5.65 Å². The van der Waals surface area contributed by atoms with Gasteiger partial charge >= 0.3 is 0 Å². The van der Waals surface area contributed by atoms with Crippen LogP contribution in [0.4, 0.5) is 0 Å². The second-order valence-electron chi connectivity index (χ2n) is 5.18. The Bertz CT molecular complexity index is 832. The fraction of sp³-hybridized carbons (Fsp3) is 0.333. The highest BCUT2D eigenvalue weighted by atomic mass is 16.1. The van der Waals surface area contributed by atoms with Crippen LogP contribution in [0, 0.1) is 13.8 Å². The highest BCUT2D eigenvalue weighted by Gasteiger charge is 2.15. The number of rotatable bonds is 4. The first-order chi connectivity index (χ1) is 10.6. The van der Waals surface area contributed by atoms with Crippen molar-refractivity contribution in [1.82, 2.24) is 29.7 Å². The summed E-state index contributed by atoms with van der Waals surface area (Å²) in [6, 6.07) is 3.82. The van der Waals surface area contributed by atoms with Crippen molar-refractivity contribution in [3.8, 4) is 0 Å². The number of carbonyl (C=O) groups is 1. The third-order valence-electron chi connectivity index (χ3n) is 3.47. The van der Waals surface area contributed by atoms with Crippen molar-refractivity contribution in [2.24, 2.45) is 0 Å². The maximum Gasteiger partial charge on any atom is 0.257 e. The summed E-state index contributed by atoms with van der Waals surface area (Å²) in [4.78, 5) is 16.8. The van der Waals surface area contributed by atoms with E-state index in [4.69, 9.17) is 0 Å². The minimum Gasteiger partial charge on any atom is -0.346 e. The summed E-state index contributed by atoms with van der Waals surface area (Å²) in [5.74, 6) is -0.196. The maximum atomic E-state index is 12.4. The van der Waals surface area contributed by atoms with Crippen molar-refractivity contribution in [2.75, 3.05) is 0 Å². The average Bonchev–Trinajstić information content (AvgIpc) is 3.11. The number of hydrogen-bond acceptors (Lipinski definition) is 4. The number of nitrogens with one attached hydrogen (secondary N) is 1. The molecule has 0 unspecified atom stereocenters. The summed E-state index contributed by atoms with van der Waals surface area (Å²) in [6.07, 6.45) is 3.44. The zero-order valence-electron chi connectivity index (χ0n) is 12.9. The molecule has 0 fully saturated rings. The third-order valence-corrected chi connectivity index (χ3v) is 3.47. The van der Waals surface area contributed by atoms with Crippen LogP contribution in [0.25, 0.3) is 5.65 Å². The monoisotopic (exact) mass is 298 g/mol. The predicted molar refractivity (Wildman–Crippen MR) is 81.5 cm³/mol. The largest absolute Gasteiger partial charge is 0.346 e. The molecule has 0 saturated carbocycles. The molecule has 3 aromatic rings. The van der Waals surface area contributed by atoms with Gasteiger partial charge in [-0.3, -0.25) is 9.48 Å². The first-order valence-electron chi connectivity index (χ1n) is 7.21. The van der Waals surface area contributed by atoms with Crippen molar-refractivity contribution in [1.29, 1.82) is 0 Å². The normalized spacial score (nSPS) is 11.0. The van der Waals surface area contributed by atoms with Gasteiger partial charge in [-0.2, -0.15) is 10.2 Å². The van der Waals surface area contributed by atoms with E-state index in [1.165, 1.54) is 0 Å². The Morgan fingerprint density at radius 2 is 2.18 bits per heavy atom. The number of carbonyl (C=O) groups excluding carboxylic acids is 1. The summed E-state index contributed by atoms with van der Waals surface area (Å²) < 4.78 is 3.50. The van der Waals surface area contributed by atoms with Crippen LogP contribution >= 0.6 is 0 Å². The van der Waals surface area contributed by atoms with Crippen LogP contribution in [0.15, 0.2) is 24.5 Å². The lowest BCUT2D eigenvalue weighted by Gasteiger charge is -2.03. The van der Waals surface area contributed by atoms with Crippen molar-refractivity contribution >= 4 is 11.6 Å². The standard InChI is InChI=1S/C15H18N6O/c1-4-20-6-5-12(19-20)8-16-15(22)13-9-17-21-11(3)7-10(2)18-14(13)21/h5-7,9H,4,8H2,1-3H3,(H,16,22). The SMILES string of the molecule is CCn1ccc(CNC(=O)c2cnn3c(C)cc(C)nc23)n1. The molecule has 0 aliphatic carbocycles. The Labute approximate surface area is 128 Å². The van der Waals surface area contributed by atoms with Gasteiger partial charge in [-0.15, -0.1) is 0 Å². The second-order valence-corrected chi connectivity index (χ2v) is 5.18. The van der Waals surface area contributed by atoms with Gasteiger partial charge in [0.25, 0.3) is 5.91 Å². The van der Waals surface area contributed by atoms with Gasteiger partial charge in [0, 0.05) is 24.1 Å². The van der Waals surface area contributed by atoms with E-state index in [0.717, 1.165) is 23.6 Å². The van der Waals surface area contributed by atoms with Gasteiger partial charge in [-0.05, 0) is 32.9 Å². The number of nitrogens with zero attached hydrogens (tertiary/aromatic N) is 5. The Kier molecular flexibility index (Phi) is 3.62. The van der Waals surface area contributed by atoms with E-state index in [1.807, 2.05) is 43.8 Å². The molecule has 3 aromatic heterocycles. The second kappa shape index (κ2) is 5.59. The fourth-order valence-electron chi connectivity index (χ4n) is 2.37. The van der Waals surface area contributed by atoms with E-state index < -0.39 is 0 Å². The van der Waals surface area contributed by atoms with E-state index in [2.05, 4.69) is 20.5 Å². The summed E-state index contributed by atoms with van der Waals surface area (Å²) in [5, 5.41) is 11.4. The zero-order valence-corrected chi connectivity index (χ0v) is 12.9. The Morgan fingerprint density at radius 1 is 1.36 bits per heavy atom. The first-order valence-corrected chi connectivity index (χ1v) is 7.21. The fourth-order valence-corrected chi connectivity index (χ4v) is 2.37. The molecule has 1 amide bonds. The summed E-state index contributed by atoms with van der Waals surface area (Å²) in [7, 11) is 0. The lowest BCUT2D eigenvalue weighted by Crippen LogP contribution is -2.23. The molecule has 0 aromatic carbocycles. The minimum atomic E-state index is -0.196. The molecule has 0 aliphatic heterocycles. The molecule has 0 saturated heterocycles. The quantitative estimate of drug-likeness (QED) is 0.791. The van der Waals surface area contributed by atoms with Crippen molar-refractivity contribution in [3.63, 3.8) is 0 Å². The van der Waals surface area contributed by atoms with Gasteiger partial charge in [0.2, 0.25) is 0 Å². The molecular formula is C15H18N6O. The van der Waals surface area contributed by atoms with Gasteiger partial charge in [-0.1, -0.05) is 0 Å². The topological polar surface area (TPSA) is 77.1 Å². The molecule has 0 radical (unpaired) electrons. The molecule has 7 heteroatoms. The Hall–Kier alpha value is -2.70. The number of aryl methyl sites for hydroxylation is 3. The molecule has 7 nitrogen and oxygen atoms in total. The molecule has 22 heavy (non-hydrogen) atoms. The van der Waals surface area contributed by atoms with Crippen molar-refractivity contribution < 1.29 is 4.79 Å². The molecule has 3 rings (SSSR count). The van der Waals surface area contributed by atoms with E-state index in [9.17, 15) is 4.79 Å². The number of fused-ring (bicyclic) bond motifs is 1. The van der Waals surface area contributed by atoms with E-state index in [-0.39, 0.29) is 5.91 Å². The number of aromatic nitrogens is 5. The highest BCUT2D eigenvalue weighted by molar-refractivity contribution is 5.99. The maximum absolute atomic E-state index is 12.4. The van der Waals surface area contributed by atoms with Crippen LogP contribution < -0.4 is 5.32 Å². The van der Waals surface area contributed by atoms with Crippen LogP contribution in [0.2, 0.25) is 0 Å². The van der Waals surface area contributed by atoms with Gasteiger partial charge in [0.05, 0.1) is 18.4 Å². The molecular weight excluding hydrogens is 280 g/mol. The predicted octanol–water partition coefficient (Wildman–Crippen LogP) is 1.49.